The zero-order valence-electron chi connectivity index (χ0n) is 11.5. The van der Waals surface area contributed by atoms with Gasteiger partial charge in [-0.3, -0.25) is 4.57 Å². The molecule has 2 aliphatic rings. The van der Waals surface area contributed by atoms with E-state index in [1.54, 1.807) is 18.2 Å². The third-order valence-corrected chi connectivity index (χ3v) is 5.83. The molecule has 0 radical (unpaired) electrons. The van der Waals surface area contributed by atoms with Crippen LogP contribution in [-0.2, 0) is 13.8 Å². The summed E-state index contributed by atoms with van der Waals surface area (Å²) in [6.07, 6.45) is 3.55. The van der Waals surface area contributed by atoms with Crippen molar-refractivity contribution in [2.75, 3.05) is 13.8 Å². The average Bonchev–Trinajstić information content (AvgIpc) is 2.72. The zero-order chi connectivity index (χ0) is 14.3. The Morgan fingerprint density at radius 2 is 2.10 bits per heavy atom. The smallest absolute Gasteiger partial charge is 0.339 e. The van der Waals surface area contributed by atoms with Crippen molar-refractivity contribution >= 4 is 13.3 Å². The number of fused-ring (bicyclic) bond motifs is 1. The van der Waals surface area contributed by atoms with E-state index in [4.69, 9.17) is 14.0 Å². The first kappa shape index (κ1) is 13.7. The molecule has 5 nitrogen and oxygen atoms in total. The van der Waals surface area contributed by atoms with Crippen LogP contribution in [0.25, 0.3) is 0 Å². The van der Waals surface area contributed by atoms with Crippen molar-refractivity contribution < 1.29 is 23.4 Å². The van der Waals surface area contributed by atoms with Crippen LogP contribution in [0.3, 0.4) is 0 Å². The highest BCUT2D eigenvalue weighted by atomic mass is 31.2. The van der Waals surface area contributed by atoms with Gasteiger partial charge in [-0.1, -0.05) is 0 Å². The van der Waals surface area contributed by atoms with E-state index in [1.165, 1.54) is 20.2 Å². The maximum absolute atomic E-state index is 12.4. The minimum absolute atomic E-state index is 0.250. The van der Waals surface area contributed by atoms with Gasteiger partial charge < -0.3 is 14.0 Å². The monoisotopic (exact) mass is 296 g/mol. The molecule has 0 bridgehead atoms. The van der Waals surface area contributed by atoms with E-state index in [0.29, 0.717) is 16.9 Å². The van der Waals surface area contributed by atoms with Gasteiger partial charge in [0.2, 0.25) is 13.2 Å². The summed E-state index contributed by atoms with van der Waals surface area (Å²) in [6.45, 7) is 1.47. The van der Waals surface area contributed by atoms with Crippen molar-refractivity contribution in [1.29, 1.82) is 0 Å². The number of cyclic esters (lactones) is 1. The highest BCUT2D eigenvalue weighted by Crippen LogP contribution is 2.60. The van der Waals surface area contributed by atoms with Gasteiger partial charge in [-0.25, -0.2) is 4.79 Å². The molecule has 3 rings (SSSR count). The average molecular weight is 296 g/mol. The molecule has 1 aromatic carbocycles. The molecule has 2 atom stereocenters. The summed E-state index contributed by atoms with van der Waals surface area (Å²) < 4.78 is 28.4. The number of ether oxygens (including phenoxy) is 2. The maximum atomic E-state index is 12.4. The molecule has 20 heavy (non-hydrogen) atoms. The molecule has 0 aromatic heterocycles. The van der Waals surface area contributed by atoms with Crippen LogP contribution < -0.4 is 4.74 Å². The molecular weight excluding hydrogens is 279 g/mol. The maximum Gasteiger partial charge on any atom is 0.339 e. The highest BCUT2D eigenvalue weighted by molar-refractivity contribution is 7.58. The highest BCUT2D eigenvalue weighted by Gasteiger charge is 2.42. The lowest BCUT2D eigenvalue weighted by atomic mass is 9.96. The molecule has 0 saturated heterocycles. The Hall–Kier alpha value is -1.32. The number of esters is 1. The van der Waals surface area contributed by atoms with Crippen LogP contribution in [0.5, 0.6) is 5.75 Å². The van der Waals surface area contributed by atoms with Crippen LogP contribution in [0.2, 0.25) is 0 Å². The van der Waals surface area contributed by atoms with Gasteiger partial charge in [-0.05, 0) is 37.5 Å². The third-order valence-electron chi connectivity index (χ3n) is 3.87. The number of benzene rings is 1. The van der Waals surface area contributed by atoms with Gasteiger partial charge >= 0.3 is 5.97 Å². The van der Waals surface area contributed by atoms with Crippen molar-refractivity contribution in [2.45, 2.75) is 31.2 Å². The summed E-state index contributed by atoms with van der Waals surface area (Å²) in [7, 11) is -1.67. The predicted octanol–water partition coefficient (Wildman–Crippen LogP) is 3.34. The first-order valence-electron chi connectivity index (χ1n) is 6.66. The van der Waals surface area contributed by atoms with Gasteiger partial charge in [0.25, 0.3) is 0 Å². The topological polar surface area (TPSA) is 61.8 Å². The summed E-state index contributed by atoms with van der Waals surface area (Å²) >= 11 is 0. The molecule has 2 unspecified atom stereocenters. The summed E-state index contributed by atoms with van der Waals surface area (Å²) in [5, 5.41) is 0. The van der Waals surface area contributed by atoms with E-state index in [0.717, 1.165) is 12.8 Å². The van der Waals surface area contributed by atoms with Crippen LogP contribution in [0.1, 0.15) is 41.0 Å². The number of hydrogen-bond acceptors (Lipinski definition) is 5. The largest absolute Gasteiger partial charge is 0.490 e. The fourth-order valence-corrected chi connectivity index (χ4v) is 3.56. The molecular formula is C14H17O5P. The van der Waals surface area contributed by atoms with Crippen molar-refractivity contribution in [3.63, 3.8) is 0 Å². The first-order chi connectivity index (χ1) is 9.51. The van der Waals surface area contributed by atoms with Crippen LogP contribution in [0, 0.1) is 0 Å². The Labute approximate surface area is 117 Å². The molecule has 1 heterocycles. The molecule has 1 saturated carbocycles. The van der Waals surface area contributed by atoms with Crippen molar-refractivity contribution in [3.8, 4) is 5.75 Å². The Balaban J connectivity index is 1.93. The zero-order valence-corrected chi connectivity index (χ0v) is 12.4. The Bertz CT molecular complexity index is 593. The minimum Gasteiger partial charge on any atom is -0.490 e. The lowest BCUT2D eigenvalue weighted by molar-refractivity contribution is 0.0489. The molecule has 1 aliphatic heterocycles. The molecule has 0 N–H and O–H groups in total. The molecule has 6 heteroatoms. The fourth-order valence-electron chi connectivity index (χ4n) is 2.36. The summed E-state index contributed by atoms with van der Waals surface area (Å²) in [4.78, 5) is 11.8. The minimum atomic E-state index is -3.04. The van der Waals surface area contributed by atoms with Crippen LogP contribution in [-0.4, -0.2) is 25.8 Å². The van der Waals surface area contributed by atoms with E-state index in [1.807, 2.05) is 0 Å². The summed E-state index contributed by atoms with van der Waals surface area (Å²) in [5.41, 5.74) is 1.04. The van der Waals surface area contributed by atoms with Crippen LogP contribution in [0.15, 0.2) is 18.2 Å². The first-order valence-corrected chi connectivity index (χ1v) is 8.80. The SMILES string of the molecule is COP(C)(=O)C1OC(=O)c2ccc(OC3CCC3)cc21. The Morgan fingerprint density at radius 3 is 2.70 bits per heavy atom. The van der Waals surface area contributed by atoms with Gasteiger partial charge in [0, 0.05) is 19.3 Å². The lowest BCUT2D eigenvalue weighted by Gasteiger charge is -2.26. The van der Waals surface area contributed by atoms with E-state index < -0.39 is 19.2 Å². The number of rotatable bonds is 4. The third kappa shape index (κ3) is 2.25. The number of carbonyl (C=O) groups excluding carboxylic acids is 1. The normalized spacial score (nSPS) is 24.5. The van der Waals surface area contributed by atoms with Crippen LogP contribution in [0.4, 0.5) is 0 Å². The summed E-state index contributed by atoms with van der Waals surface area (Å²) in [6, 6.07) is 5.17. The second kappa shape index (κ2) is 4.90. The molecule has 0 spiro atoms. The molecule has 1 aromatic rings. The van der Waals surface area contributed by atoms with E-state index in [-0.39, 0.29) is 6.10 Å². The molecule has 1 fully saturated rings. The van der Waals surface area contributed by atoms with E-state index in [9.17, 15) is 9.36 Å². The van der Waals surface area contributed by atoms with Gasteiger partial charge in [0.15, 0.2) is 0 Å². The fraction of sp³-hybridized carbons (Fsp3) is 0.500. The van der Waals surface area contributed by atoms with Gasteiger partial charge in [-0.2, -0.15) is 0 Å². The van der Waals surface area contributed by atoms with Gasteiger partial charge in [-0.15, -0.1) is 0 Å². The van der Waals surface area contributed by atoms with Crippen molar-refractivity contribution in [2.24, 2.45) is 0 Å². The molecule has 1 aliphatic carbocycles. The Kier molecular flexibility index (Phi) is 3.35. The number of hydrogen-bond donors (Lipinski definition) is 0. The second-order valence-corrected chi connectivity index (χ2v) is 7.92. The van der Waals surface area contributed by atoms with E-state index >= 15 is 0 Å². The van der Waals surface area contributed by atoms with Gasteiger partial charge in [0.1, 0.15) is 5.75 Å². The lowest BCUT2D eigenvalue weighted by Crippen LogP contribution is -2.24. The van der Waals surface area contributed by atoms with E-state index in [2.05, 4.69) is 0 Å². The van der Waals surface area contributed by atoms with Crippen molar-refractivity contribution in [3.05, 3.63) is 29.3 Å². The number of carbonyl (C=O) groups is 1. The molecule has 0 amide bonds. The Morgan fingerprint density at radius 1 is 1.35 bits per heavy atom. The summed E-state index contributed by atoms with van der Waals surface area (Å²) in [5.74, 6) is -0.605. The standard InChI is InChI=1S/C14H17O5P/c1-17-20(2,16)14-12-8-10(18-9-4-3-5-9)6-7-11(12)13(15)19-14/h6-9,14H,3-5H2,1-2H3. The van der Waals surface area contributed by atoms with Crippen molar-refractivity contribution in [1.82, 2.24) is 0 Å². The van der Waals surface area contributed by atoms with Gasteiger partial charge in [0.05, 0.1) is 11.7 Å². The molecule has 108 valence electrons. The quantitative estimate of drug-likeness (QED) is 0.630. The van der Waals surface area contributed by atoms with Crippen LogP contribution >= 0.6 is 7.37 Å². The predicted molar refractivity (Wildman–Crippen MR) is 73.4 cm³/mol. The second-order valence-electron chi connectivity index (χ2n) is 5.27.